The molecule has 1 aromatic heterocycles. The molecule has 0 spiro atoms. The summed E-state index contributed by atoms with van der Waals surface area (Å²) in [5.74, 6) is -0.605. The molecule has 120 valence electrons. The lowest BCUT2D eigenvalue weighted by Crippen LogP contribution is -2.46. The van der Waals surface area contributed by atoms with Gasteiger partial charge in [-0.05, 0) is 6.92 Å². The van der Waals surface area contributed by atoms with Crippen LogP contribution in [0.5, 0.6) is 5.88 Å². The third-order valence-corrected chi connectivity index (χ3v) is 2.26. The number of alkyl halides is 6. The fourth-order valence-electron chi connectivity index (χ4n) is 1.40. The predicted molar refractivity (Wildman–Crippen MR) is 62.1 cm³/mol. The van der Waals surface area contributed by atoms with Gasteiger partial charge in [0.25, 0.3) is 6.10 Å². The van der Waals surface area contributed by atoms with E-state index < -0.39 is 24.3 Å². The Kier molecular flexibility index (Phi) is 5.24. The Balaban J connectivity index is 3.11. The van der Waals surface area contributed by atoms with Crippen LogP contribution in [0.4, 0.5) is 32.2 Å². The van der Waals surface area contributed by atoms with Gasteiger partial charge in [0.15, 0.2) is 0 Å². The van der Waals surface area contributed by atoms with Crippen LogP contribution in [0, 0.1) is 0 Å². The van der Waals surface area contributed by atoms with Crippen LogP contribution >= 0.6 is 0 Å². The third kappa shape index (κ3) is 4.94. The van der Waals surface area contributed by atoms with Crippen molar-refractivity contribution >= 4 is 5.82 Å². The maximum absolute atomic E-state index is 12.4. The number of nitrogens with zero attached hydrogens (tertiary/aromatic N) is 2. The van der Waals surface area contributed by atoms with Gasteiger partial charge in [-0.15, -0.1) is 0 Å². The molecule has 0 radical (unpaired) electrons. The van der Waals surface area contributed by atoms with Gasteiger partial charge in [0, 0.05) is 19.0 Å². The Hall–Kier alpha value is -1.74. The summed E-state index contributed by atoms with van der Waals surface area (Å²) in [5, 5.41) is 2.68. The fourth-order valence-corrected chi connectivity index (χ4v) is 1.40. The molecule has 10 heteroatoms. The van der Waals surface area contributed by atoms with E-state index in [4.69, 9.17) is 0 Å². The second-order valence-electron chi connectivity index (χ2n) is 3.97. The SMILES string of the molecule is CCNc1cc(OC(C(F)(F)F)C(F)(F)F)nc(CC)n1. The first-order valence-corrected chi connectivity index (χ1v) is 5.99. The van der Waals surface area contributed by atoms with Gasteiger partial charge in [-0.25, -0.2) is 4.98 Å². The Morgan fingerprint density at radius 2 is 1.67 bits per heavy atom. The van der Waals surface area contributed by atoms with Crippen molar-refractivity contribution in [3.63, 3.8) is 0 Å². The van der Waals surface area contributed by atoms with Crippen LogP contribution < -0.4 is 10.1 Å². The van der Waals surface area contributed by atoms with Crippen LogP contribution in [0.1, 0.15) is 19.7 Å². The smallest absolute Gasteiger partial charge is 0.434 e. The van der Waals surface area contributed by atoms with Gasteiger partial charge in [-0.2, -0.15) is 31.3 Å². The number of aryl methyl sites for hydroxylation is 1. The van der Waals surface area contributed by atoms with E-state index in [9.17, 15) is 26.3 Å². The third-order valence-electron chi connectivity index (χ3n) is 2.26. The summed E-state index contributed by atoms with van der Waals surface area (Å²) in [6.07, 6.45) is -14.9. The highest BCUT2D eigenvalue weighted by Crippen LogP contribution is 2.36. The van der Waals surface area contributed by atoms with Crippen molar-refractivity contribution in [1.82, 2.24) is 9.97 Å². The van der Waals surface area contributed by atoms with E-state index in [1.807, 2.05) is 0 Å². The van der Waals surface area contributed by atoms with Crippen molar-refractivity contribution in [3.05, 3.63) is 11.9 Å². The molecule has 0 aliphatic carbocycles. The van der Waals surface area contributed by atoms with Crippen LogP contribution in [0.15, 0.2) is 6.07 Å². The summed E-state index contributed by atoms with van der Waals surface area (Å²) >= 11 is 0. The first-order chi connectivity index (χ1) is 9.57. The molecule has 0 bridgehead atoms. The molecule has 1 aromatic rings. The number of aromatic nitrogens is 2. The van der Waals surface area contributed by atoms with Crippen LogP contribution in [0.3, 0.4) is 0 Å². The summed E-state index contributed by atoms with van der Waals surface area (Å²) in [7, 11) is 0. The normalized spacial score (nSPS) is 12.6. The molecule has 0 amide bonds. The molecule has 0 atom stereocenters. The number of ether oxygens (including phenoxy) is 1. The number of rotatable bonds is 5. The topological polar surface area (TPSA) is 47.0 Å². The van der Waals surface area contributed by atoms with E-state index >= 15 is 0 Å². The van der Waals surface area contributed by atoms with Gasteiger partial charge in [0.2, 0.25) is 5.88 Å². The van der Waals surface area contributed by atoms with Crippen LogP contribution in [0.2, 0.25) is 0 Å². The molecule has 0 unspecified atom stereocenters. The predicted octanol–water partition coefficient (Wildman–Crippen LogP) is 3.34. The summed E-state index contributed by atoms with van der Waals surface area (Å²) in [6.45, 7) is 3.70. The molecule has 0 aromatic carbocycles. The average molecular weight is 317 g/mol. The second kappa shape index (κ2) is 6.35. The largest absolute Gasteiger partial charge is 0.455 e. The van der Waals surface area contributed by atoms with Crippen molar-refractivity contribution < 1.29 is 31.1 Å². The van der Waals surface area contributed by atoms with Crippen LogP contribution in [-0.2, 0) is 6.42 Å². The maximum Gasteiger partial charge on any atom is 0.434 e. The molecule has 1 heterocycles. The van der Waals surface area contributed by atoms with E-state index in [1.165, 1.54) is 0 Å². The zero-order valence-electron chi connectivity index (χ0n) is 11.1. The van der Waals surface area contributed by atoms with Gasteiger partial charge < -0.3 is 10.1 Å². The summed E-state index contributed by atoms with van der Waals surface area (Å²) in [5.41, 5.74) is 0. The molecule has 1 N–H and O–H groups in total. The minimum absolute atomic E-state index is 0.0755. The molecule has 0 aliphatic rings. The lowest BCUT2D eigenvalue weighted by Gasteiger charge is -2.23. The zero-order valence-corrected chi connectivity index (χ0v) is 11.1. The molecular formula is C11H13F6N3O. The summed E-state index contributed by atoms with van der Waals surface area (Å²) < 4.78 is 78.6. The van der Waals surface area contributed by atoms with Crippen LogP contribution in [0.25, 0.3) is 0 Å². The molecule has 0 aliphatic heterocycles. The van der Waals surface area contributed by atoms with Crippen molar-refractivity contribution in [2.75, 3.05) is 11.9 Å². The lowest BCUT2D eigenvalue weighted by atomic mass is 10.3. The highest BCUT2D eigenvalue weighted by molar-refractivity contribution is 5.38. The van der Waals surface area contributed by atoms with Gasteiger partial charge in [-0.3, -0.25) is 0 Å². The van der Waals surface area contributed by atoms with Gasteiger partial charge in [0.1, 0.15) is 11.6 Å². The average Bonchev–Trinajstić information content (AvgIpc) is 2.33. The van der Waals surface area contributed by atoms with Crippen LogP contribution in [-0.4, -0.2) is 35.0 Å². The first-order valence-electron chi connectivity index (χ1n) is 5.99. The summed E-state index contributed by atoms with van der Waals surface area (Å²) in [4.78, 5) is 7.44. The monoisotopic (exact) mass is 317 g/mol. The van der Waals surface area contributed by atoms with E-state index in [0.29, 0.717) is 6.54 Å². The highest BCUT2D eigenvalue weighted by atomic mass is 19.4. The fraction of sp³-hybridized carbons (Fsp3) is 0.636. The van der Waals surface area contributed by atoms with Crippen molar-refractivity contribution in [2.24, 2.45) is 0 Å². The lowest BCUT2D eigenvalue weighted by molar-refractivity contribution is -0.300. The van der Waals surface area contributed by atoms with Gasteiger partial charge in [-0.1, -0.05) is 6.92 Å². The van der Waals surface area contributed by atoms with E-state index in [2.05, 4.69) is 20.0 Å². The maximum atomic E-state index is 12.4. The Labute approximate surface area is 116 Å². The summed E-state index contributed by atoms with van der Waals surface area (Å²) in [6, 6.07) is 0.896. The minimum Gasteiger partial charge on any atom is -0.455 e. The number of hydrogen-bond acceptors (Lipinski definition) is 4. The van der Waals surface area contributed by atoms with Crippen molar-refractivity contribution in [2.45, 2.75) is 38.7 Å². The zero-order chi connectivity index (χ0) is 16.3. The number of anilines is 1. The first kappa shape index (κ1) is 17.3. The molecule has 1 rings (SSSR count). The standard InChI is InChI=1S/C11H13F6N3O/c1-3-6-19-7(18-4-2)5-8(20-6)21-9(10(12,13)14)11(15,16)17/h5,9H,3-4H2,1-2H3,(H,18,19,20). The molecule has 0 saturated heterocycles. The van der Waals surface area contributed by atoms with Crippen molar-refractivity contribution in [1.29, 1.82) is 0 Å². The van der Waals surface area contributed by atoms with Gasteiger partial charge in [0.05, 0.1) is 0 Å². The number of hydrogen-bond donors (Lipinski definition) is 1. The quantitative estimate of drug-likeness (QED) is 0.846. The highest BCUT2D eigenvalue weighted by Gasteiger charge is 2.59. The number of halogens is 6. The van der Waals surface area contributed by atoms with E-state index in [1.54, 1.807) is 13.8 Å². The Morgan fingerprint density at radius 1 is 1.10 bits per heavy atom. The molecule has 0 fully saturated rings. The van der Waals surface area contributed by atoms with Gasteiger partial charge >= 0.3 is 12.4 Å². The second-order valence-corrected chi connectivity index (χ2v) is 3.97. The number of nitrogens with one attached hydrogen (secondary N) is 1. The Bertz CT molecular complexity index is 460. The molecule has 0 saturated carbocycles. The molecule has 21 heavy (non-hydrogen) atoms. The van der Waals surface area contributed by atoms with E-state index in [0.717, 1.165) is 6.07 Å². The minimum atomic E-state index is -5.59. The van der Waals surface area contributed by atoms with Crippen molar-refractivity contribution in [3.8, 4) is 5.88 Å². The van der Waals surface area contributed by atoms with E-state index in [-0.39, 0.29) is 18.1 Å². The molecule has 4 nitrogen and oxygen atoms in total. The Morgan fingerprint density at radius 3 is 2.10 bits per heavy atom. The molecular weight excluding hydrogens is 304 g/mol.